The molecule has 0 aliphatic carbocycles. The van der Waals surface area contributed by atoms with Crippen LogP contribution < -0.4 is 25.8 Å². The van der Waals surface area contributed by atoms with Gasteiger partial charge in [-0.15, -0.1) is 13.2 Å². The van der Waals surface area contributed by atoms with E-state index in [-0.39, 0.29) is 35.0 Å². The molecule has 2 aromatic heterocycles. The number of ether oxygens (including phenoxy) is 1. The lowest BCUT2D eigenvalue weighted by molar-refractivity contribution is -0.275. The number of fused-ring (bicyclic) bond motifs is 1. The molecule has 0 spiro atoms. The third-order valence-electron chi connectivity index (χ3n) is 10.5. The molecule has 2 aromatic carbocycles. The van der Waals surface area contributed by atoms with E-state index in [0.29, 0.717) is 71.3 Å². The first-order valence-electron chi connectivity index (χ1n) is 17.2. The largest absolute Gasteiger partial charge is 0.573 e. The van der Waals surface area contributed by atoms with Crippen LogP contribution in [0.2, 0.25) is 0 Å². The Morgan fingerprint density at radius 2 is 1.69 bits per heavy atom. The number of benzene rings is 2. The molecule has 51 heavy (non-hydrogen) atoms. The number of carbonyl (C=O) groups is 2. The van der Waals surface area contributed by atoms with Crippen molar-refractivity contribution in [3.05, 3.63) is 70.5 Å². The standard InChI is InChI=1S/C36H39F4N7O4/c1-45-20-27(26-18-41-44-33(26)35(45)50)23-2-3-24(31(16-23)51-36(38,39)40)19-46-12-8-21(9-13-46)22-10-14-47(15-11-22)30-6-4-25(17-28(30)37)42-29-5-7-32(48)43-34(29)49/h2-4,6,16-18,20-22,29,42H,5,7-15,19H2,1H3,(H,41,44)(H,43,48,49). The van der Waals surface area contributed by atoms with Gasteiger partial charge in [0.05, 0.1) is 11.9 Å². The Hall–Kier alpha value is -4.92. The lowest BCUT2D eigenvalue weighted by atomic mass is 9.78. The number of anilines is 2. The minimum Gasteiger partial charge on any atom is -0.405 e. The Bertz CT molecular complexity index is 2000. The van der Waals surface area contributed by atoms with Gasteiger partial charge in [-0.1, -0.05) is 12.1 Å². The second kappa shape index (κ2) is 14.0. The van der Waals surface area contributed by atoms with Crippen LogP contribution in [0.5, 0.6) is 5.75 Å². The number of pyridine rings is 1. The van der Waals surface area contributed by atoms with Crippen molar-refractivity contribution < 1.29 is 31.9 Å². The van der Waals surface area contributed by atoms with Crippen LogP contribution in [0, 0.1) is 17.7 Å². The number of rotatable bonds is 8. The number of hydrogen-bond acceptors (Lipinski definition) is 8. The van der Waals surface area contributed by atoms with Gasteiger partial charge >= 0.3 is 6.36 Å². The summed E-state index contributed by atoms with van der Waals surface area (Å²) in [7, 11) is 1.58. The molecular weight excluding hydrogens is 670 g/mol. The number of amides is 2. The highest BCUT2D eigenvalue weighted by Crippen LogP contribution is 2.38. The summed E-state index contributed by atoms with van der Waals surface area (Å²) in [6, 6.07) is 9.07. The van der Waals surface area contributed by atoms with Gasteiger partial charge in [0.25, 0.3) is 5.56 Å². The number of carbonyl (C=O) groups excluding carboxylic acids is 2. The van der Waals surface area contributed by atoms with Gasteiger partial charge in [0.2, 0.25) is 11.8 Å². The molecule has 3 fully saturated rings. The van der Waals surface area contributed by atoms with Crippen molar-refractivity contribution in [2.24, 2.45) is 18.9 Å². The summed E-state index contributed by atoms with van der Waals surface area (Å²) in [6.07, 6.45) is 2.46. The second-order valence-electron chi connectivity index (χ2n) is 13.7. The van der Waals surface area contributed by atoms with E-state index in [4.69, 9.17) is 0 Å². The number of hydrogen-bond donors (Lipinski definition) is 3. The predicted molar refractivity (Wildman–Crippen MR) is 183 cm³/mol. The molecule has 2 amide bonds. The van der Waals surface area contributed by atoms with Crippen molar-refractivity contribution in [2.45, 2.75) is 57.5 Å². The molecule has 3 aliphatic rings. The fourth-order valence-electron chi connectivity index (χ4n) is 7.77. The van der Waals surface area contributed by atoms with Crippen LogP contribution in [-0.4, -0.2) is 70.1 Å². The van der Waals surface area contributed by atoms with E-state index in [1.54, 1.807) is 37.5 Å². The molecule has 0 bridgehead atoms. The lowest BCUT2D eigenvalue weighted by Gasteiger charge is -2.41. The Labute approximate surface area is 290 Å². The summed E-state index contributed by atoms with van der Waals surface area (Å²) in [5.41, 5.74) is 2.46. The Morgan fingerprint density at radius 1 is 0.961 bits per heavy atom. The molecule has 3 N–H and O–H groups in total. The van der Waals surface area contributed by atoms with Gasteiger partial charge in [-0.2, -0.15) is 5.10 Å². The van der Waals surface area contributed by atoms with Crippen molar-refractivity contribution in [2.75, 3.05) is 36.4 Å². The average molecular weight is 710 g/mol. The van der Waals surface area contributed by atoms with E-state index in [0.717, 1.165) is 38.8 Å². The van der Waals surface area contributed by atoms with Crippen molar-refractivity contribution >= 4 is 34.1 Å². The maximum atomic E-state index is 15.2. The normalized spacial score (nSPS) is 19.8. The molecule has 11 nitrogen and oxygen atoms in total. The quantitative estimate of drug-likeness (QED) is 0.166. The number of halogens is 4. The zero-order valence-electron chi connectivity index (χ0n) is 28.1. The van der Waals surface area contributed by atoms with Gasteiger partial charge in [0, 0.05) is 61.5 Å². The summed E-state index contributed by atoms with van der Waals surface area (Å²) in [4.78, 5) is 40.2. The SMILES string of the molecule is Cn1cc(-c2ccc(CN3CCC(C4CCN(c5ccc(NC6CCC(=O)NC6=O)cc5F)CC4)CC3)c(OC(F)(F)F)c2)c2cn[nH]c2c1=O. The van der Waals surface area contributed by atoms with Gasteiger partial charge in [-0.3, -0.25) is 29.7 Å². The Balaban J connectivity index is 0.949. The number of likely N-dealkylation sites (tertiary alicyclic amines) is 1. The van der Waals surface area contributed by atoms with Gasteiger partial charge in [-0.25, -0.2) is 4.39 Å². The highest BCUT2D eigenvalue weighted by Gasteiger charge is 2.34. The number of aryl methyl sites for hydroxylation is 1. The van der Waals surface area contributed by atoms with Gasteiger partial charge in [0.1, 0.15) is 23.1 Å². The second-order valence-corrected chi connectivity index (χ2v) is 13.7. The molecule has 3 aliphatic heterocycles. The maximum absolute atomic E-state index is 15.2. The first-order valence-corrected chi connectivity index (χ1v) is 17.2. The number of imide groups is 1. The molecule has 270 valence electrons. The molecule has 5 heterocycles. The molecule has 3 saturated heterocycles. The Kier molecular flexibility index (Phi) is 9.48. The van der Waals surface area contributed by atoms with Crippen LogP contribution in [0.3, 0.4) is 0 Å². The summed E-state index contributed by atoms with van der Waals surface area (Å²) >= 11 is 0. The van der Waals surface area contributed by atoms with Crippen molar-refractivity contribution in [3.63, 3.8) is 0 Å². The van der Waals surface area contributed by atoms with Crippen LogP contribution >= 0.6 is 0 Å². The summed E-state index contributed by atoms with van der Waals surface area (Å²) in [6.45, 7) is 3.22. The fraction of sp³-hybridized carbons (Fsp3) is 0.444. The molecule has 4 aromatic rings. The van der Waals surface area contributed by atoms with E-state index in [1.165, 1.54) is 22.9 Å². The smallest absolute Gasteiger partial charge is 0.405 e. The number of piperidine rings is 3. The fourth-order valence-corrected chi connectivity index (χ4v) is 7.77. The van der Waals surface area contributed by atoms with Crippen LogP contribution in [0.4, 0.5) is 28.9 Å². The van der Waals surface area contributed by atoms with E-state index < -0.39 is 18.3 Å². The summed E-state index contributed by atoms with van der Waals surface area (Å²) in [5.74, 6) is -0.402. The van der Waals surface area contributed by atoms with Crippen molar-refractivity contribution in [3.8, 4) is 16.9 Å². The first-order chi connectivity index (χ1) is 24.4. The number of nitrogens with zero attached hydrogens (tertiary/aromatic N) is 4. The summed E-state index contributed by atoms with van der Waals surface area (Å²) in [5, 5.41) is 12.5. The van der Waals surface area contributed by atoms with Gasteiger partial charge in [0.15, 0.2) is 0 Å². The maximum Gasteiger partial charge on any atom is 0.573 e. The third-order valence-corrected chi connectivity index (χ3v) is 10.5. The van der Waals surface area contributed by atoms with Crippen molar-refractivity contribution in [1.82, 2.24) is 25.0 Å². The van der Waals surface area contributed by atoms with Crippen LogP contribution in [0.15, 0.2) is 53.6 Å². The highest BCUT2D eigenvalue weighted by molar-refractivity contribution is 6.01. The van der Waals surface area contributed by atoms with Gasteiger partial charge in [-0.05, 0) is 86.9 Å². The van der Waals surface area contributed by atoms with Gasteiger partial charge < -0.3 is 19.5 Å². The number of nitrogens with one attached hydrogen (secondary N) is 3. The molecular formula is C36H39F4N7O4. The Morgan fingerprint density at radius 3 is 2.37 bits per heavy atom. The van der Waals surface area contributed by atoms with Crippen LogP contribution in [-0.2, 0) is 23.2 Å². The topological polar surface area (TPSA) is 125 Å². The van der Waals surface area contributed by atoms with E-state index >= 15 is 4.39 Å². The number of aromatic nitrogens is 3. The number of H-pyrrole nitrogens is 1. The lowest BCUT2D eigenvalue weighted by Crippen LogP contribution is -2.47. The predicted octanol–water partition coefficient (Wildman–Crippen LogP) is 5.31. The van der Waals surface area contributed by atoms with Crippen molar-refractivity contribution in [1.29, 1.82) is 0 Å². The molecule has 1 atom stereocenters. The summed E-state index contributed by atoms with van der Waals surface area (Å²) < 4.78 is 61.7. The number of alkyl halides is 3. The molecule has 15 heteroatoms. The number of aromatic amines is 1. The van der Waals surface area contributed by atoms with E-state index in [9.17, 15) is 27.6 Å². The molecule has 7 rings (SSSR count). The minimum atomic E-state index is -4.87. The molecule has 0 radical (unpaired) electrons. The van der Waals surface area contributed by atoms with E-state index in [1.807, 2.05) is 0 Å². The zero-order valence-corrected chi connectivity index (χ0v) is 28.1. The highest BCUT2D eigenvalue weighted by atomic mass is 19.4. The van der Waals surface area contributed by atoms with E-state index in [2.05, 4.69) is 35.4 Å². The third kappa shape index (κ3) is 7.58. The molecule has 1 unspecified atom stereocenters. The minimum absolute atomic E-state index is 0.237. The zero-order chi connectivity index (χ0) is 35.9. The monoisotopic (exact) mass is 709 g/mol. The van der Waals surface area contributed by atoms with Crippen LogP contribution in [0.1, 0.15) is 44.1 Å². The average Bonchev–Trinajstić information content (AvgIpc) is 3.59. The molecule has 0 saturated carbocycles. The first kappa shape index (κ1) is 34.5. The van der Waals surface area contributed by atoms with Crippen LogP contribution in [0.25, 0.3) is 22.0 Å².